The van der Waals surface area contributed by atoms with E-state index >= 15 is 0 Å². The van der Waals surface area contributed by atoms with Crippen LogP contribution in [0.3, 0.4) is 0 Å². The first-order chi connectivity index (χ1) is 16.1. The molecule has 0 spiro atoms. The number of aromatic nitrogens is 2. The van der Waals surface area contributed by atoms with E-state index in [9.17, 15) is 27.9 Å². The van der Waals surface area contributed by atoms with Gasteiger partial charge in [-0.05, 0) is 17.7 Å². The summed E-state index contributed by atoms with van der Waals surface area (Å²) >= 11 is 12.0. The van der Waals surface area contributed by atoms with Crippen LogP contribution >= 0.6 is 23.2 Å². The van der Waals surface area contributed by atoms with Gasteiger partial charge >= 0.3 is 6.18 Å². The summed E-state index contributed by atoms with van der Waals surface area (Å²) in [5.74, 6) is -2.34. The lowest BCUT2D eigenvalue weighted by Gasteiger charge is -2.14. The first kappa shape index (κ1) is 23.6. The Hall–Kier alpha value is -3.56. The first-order valence-electron chi connectivity index (χ1n) is 9.68. The fourth-order valence-electron chi connectivity index (χ4n) is 3.59. The zero-order valence-corrected chi connectivity index (χ0v) is 18.5. The molecule has 1 amide bonds. The Labute approximate surface area is 200 Å². The number of para-hydroxylation sites is 1. The molecule has 2 heterocycles. The van der Waals surface area contributed by atoms with Gasteiger partial charge in [-0.25, -0.2) is 0 Å². The topological polar surface area (TPSA) is 84.2 Å². The predicted octanol–water partition coefficient (Wildman–Crippen LogP) is 5.94. The number of halogens is 5. The Morgan fingerprint density at radius 1 is 1.03 bits per heavy atom. The van der Waals surface area contributed by atoms with Crippen molar-refractivity contribution in [3.63, 3.8) is 0 Å². The number of phenolic OH excluding ortho intramolecular Hbond substituents is 1. The van der Waals surface area contributed by atoms with Crippen LogP contribution < -0.4 is 5.32 Å². The van der Waals surface area contributed by atoms with Crippen molar-refractivity contribution in [1.82, 2.24) is 9.55 Å². The summed E-state index contributed by atoms with van der Waals surface area (Å²) in [4.78, 5) is 29.4. The fraction of sp³-hybridized carbons (Fsp3) is 0.0870. The number of fused-ring (bicyclic) bond motifs is 1. The molecule has 11 heteroatoms. The molecule has 0 unspecified atom stereocenters. The molecule has 0 aliphatic rings. The smallest absolute Gasteiger partial charge is 0.416 e. The highest BCUT2D eigenvalue weighted by atomic mass is 35.5. The molecule has 0 saturated carbocycles. The van der Waals surface area contributed by atoms with Crippen LogP contribution in [0.15, 0.2) is 61.1 Å². The van der Waals surface area contributed by atoms with E-state index in [0.29, 0.717) is 0 Å². The molecule has 0 radical (unpaired) electrons. The van der Waals surface area contributed by atoms with E-state index in [1.807, 2.05) is 0 Å². The number of nitrogens with one attached hydrogen (secondary N) is 1. The molecule has 34 heavy (non-hydrogen) atoms. The van der Waals surface area contributed by atoms with E-state index in [-0.39, 0.29) is 50.1 Å². The number of anilines is 1. The SMILES string of the molecule is O=C(Nc1c(Cl)cncc1Cl)C(=O)c1cn(Cc2ccccc2C(F)(F)F)c2c(O)cccc12. The molecule has 4 rings (SSSR count). The van der Waals surface area contributed by atoms with Gasteiger partial charge in [0, 0.05) is 30.5 Å². The van der Waals surface area contributed by atoms with Crippen molar-refractivity contribution in [3.8, 4) is 5.75 Å². The van der Waals surface area contributed by atoms with Crippen LogP contribution in [0.1, 0.15) is 21.5 Å². The van der Waals surface area contributed by atoms with Gasteiger partial charge in [-0.2, -0.15) is 13.2 Å². The lowest BCUT2D eigenvalue weighted by molar-refractivity contribution is -0.138. The molecule has 2 aromatic heterocycles. The number of hydrogen-bond donors (Lipinski definition) is 2. The number of aromatic hydroxyl groups is 1. The average Bonchev–Trinajstić information content (AvgIpc) is 3.15. The van der Waals surface area contributed by atoms with Crippen molar-refractivity contribution < 1.29 is 27.9 Å². The first-order valence-corrected chi connectivity index (χ1v) is 10.4. The van der Waals surface area contributed by atoms with E-state index in [2.05, 4.69) is 10.3 Å². The minimum absolute atomic E-state index is 0.0116. The minimum atomic E-state index is -4.59. The highest BCUT2D eigenvalue weighted by Gasteiger charge is 2.33. The Balaban J connectivity index is 1.76. The maximum atomic E-state index is 13.5. The zero-order chi connectivity index (χ0) is 24.6. The maximum Gasteiger partial charge on any atom is 0.416 e. The fourth-order valence-corrected chi connectivity index (χ4v) is 4.05. The van der Waals surface area contributed by atoms with E-state index in [1.165, 1.54) is 59.6 Å². The summed E-state index contributed by atoms with van der Waals surface area (Å²) in [6, 6.07) is 9.24. The summed E-state index contributed by atoms with van der Waals surface area (Å²) in [6.07, 6.45) is -0.899. The summed E-state index contributed by atoms with van der Waals surface area (Å²) in [5, 5.41) is 12.9. The Bertz CT molecular complexity index is 1410. The zero-order valence-electron chi connectivity index (χ0n) is 17.0. The number of carbonyl (C=O) groups excluding carboxylic acids is 2. The minimum Gasteiger partial charge on any atom is -0.506 e. The predicted molar refractivity (Wildman–Crippen MR) is 121 cm³/mol. The molecule has 2 N–H and O–H groups in total. The number of rotatable bonds is 5. The third-order valence-electron chi connectivity index (χ3n) is 5.08. The standard InChI is InChI=1S/C23H14Cl2F3N3O3/c24-16-8-29-9-17(25)19(16)30-22(34)21(33)14-11-31(20-13(14)5-3-7-18(20)32)10-12-4-1-2-6-15(12)23(26,27)28/h1-9,11,32H,10H2,(H,29,30,34). The molecule has 4 aromatic rings. The number of ketones is 1. The van der Waals surface area contributed by atoms with Crippen molar-refractivity contribution in [1.29, 1.82) is 0 Å². The Morgan fingerprint density at radius 2 is 1.71 bits per heavy atom. The molecule has 2 aromatic carbocycles. The molecular weight excluding hydrogens is 494 g/mol. The number of nitrogens with zero attached hydrogens (tertiary/aromatic N) is 2. The molecule has 0 saturated heterocycles. The van der Waals surface area contributed by atoms with E-state index in [1.54, 1.807) is 0 Å². The van der Waals surface area contributed by atoms with Crippen LogP contribution in [0.4, 0.5) is 18.9 Å². The number of Topliss-reactive ketones (excluding diaryl/α,β-unsaturated/α-hetero) is 1. The lowest BCUT2D eigenvalue weighted by Crippen LogP contribution is -2.23. The second-order valence-corrected chi connectivity index (χ2v) is 8.07. The van der Waals surface area contributed by atoms with Gasteiger partial charge in [0.05, 0.1) is 32.4 Å². The maximum absolute atomic E-state index is 13.5. The van der Waals surface area contributed by atoms with Gasteiger partial charge in [0.2, 0.25) is 0 Å². The van der Waals surface area contributed by atoms with Crippen molar-refractivity contribution >= 4 is 51.5 Å². The number of phenols is 1. The van der Waals surface area contributed by atoms with Gasteiger partial charge in [0.1, 0.15) is 5.75 Å². The van der Waals surface area contributed by atoms with Gasteiger partial charge in [-0.1, -0.05) is 53.5 Å². The number of pyridine rings is 1. The molecular formula is C23H14Cl2F3N3O3. The van der Waals surface area contributed by atoms with Crippen molar-refractivity contribution in [2.75, 3.05) is 5.32 Å². The van der Waals surface area contributed by atoms with Crippen molar-refractivity contribution in [3.05, 3.63) is 87.8 Å². The normalized spacial score (nSPS) is 11.6. The van der Waals surface area contributed by atoms with Gasteiger partial charge in [0.15, 0.2) is 0 Å². The van der Waals surface area contributed by atoms with Crippen molar-refractivity contribution in [2.24, 2.45) is 0 Å². The lowest BCUT2D eigenvalue weighted by atomic mass is 10.1. The summed E-state index contributed by atoms with van der Waals surface area (Å²) in [5.41, 5.74) is -0.944. The van der Waals surface area contributed by atoms with Crippen LogP contribution in [0.2, 0.25) is 10.0 Å². The molecule has 0 fully saturated rings. The van der Waals surface area contributed by atoms with Crippen LogP contribution in [-0.4, -0.2) is 26.3 Å². The summed E-state index contributed by atoms with van der Waals surface area (Å²) < 4.78 is 41.7. The molecule has 0 atom stereocenters. The highest BCUT2D eigenvalue weighted by molar-refractivity contribution is 6.50. The van der Waals surface area contributed by atoms with Crippen LogP contribution in [0.5, 0.6) is 5.75 Å². The van der Waals surface area contributed by atoms with Gasteiger partial charge < -0.3 is 15.0 Å². The highest BCUT2D eigenvalue weighted by Crippen LogP contribution is 2.35. The van der Waals surface area contributed by atoms with Gasteiger partial charge in [-0.15, -0.1) is 0 Å². The van der Waals surface area contributed by atoms with Crippen LogP contribution in [0.25, 0.3) is 10.9 Å². The number of benzene rings is 2. The third-order valence-corrected chi connectivity index (χ3v) is 5.66. The Kier molecular flexibility index (Phi) is 6.24. The molecule has 0 bridgehead atoms. The summed E-state index contributed by atoms with van der Waals surface area (Å²) in [7, 11) is 0. The van der Waals surface area contributed by atoms with Crippen molar-refractivity contribution in [2.45, 2.75) is 12.7 Å². The average molecular weight is 508 g/mol. The largest absolute Gasteiger partial charge is 0.506 e. The quantitative estimate of drug-likeness (QED) is 0.258. The van der Waals surface area contributed by atoms with Crippen LogP contribution in [-0.2, 0) is 17.5 Å². The second kappa shape index (κ2) is 9.00. The number of alkyl halides is 3. The van der Waals surface area contributed by atoms with E-state index < -0.39 is 23.4 Å². The van der Waals surface area contributed by atoms with E-state index in [0.717, 1.165) is 6.07 Å². The number of carbonyl (C=O) groups is 2. The third kappa shape index (κ3) is 4.44. The Morgan fingerprint density at radius 3 is 2.38 bits per heavy atom. The second-order valence-electron chi connectivity index (χ2n) is 7.26. The van der Waals surface area contributed by atoms with Crippen LogP contribution in [0, 0.1) is 0 Å². The number of hydrogen-bond acceptors (Lipinski definition) is 4. The van der Waals surface area contributed by atoms with Gasteiger partial charge in [-0.3, -0.25) is 14.6 Å². The number of amides is 1. The monoisotopic (exact) mass is 507 g/mol. The molecule has 174 valence electrons. The molecule has 6 nitrogen and oxygen atoms in total. The van der Waals surface area contributed by atoms with Gasteiger partial charge in [0.25, 0.3) is 11.7 Å². The molecule has 0 aliphatic heterocycles. The van der Waals surface area contributed by atoms with E-state index in [4.69, 9.17) is 23.2 Å². The summed E-state index contributed by atoms with van der Waals surface area (Å²) in [6.45, 7) is -0.305. The molecule has 0 aliphatic carbocycles.